The molecule has 3 nitrogen and oxygen atoms in total. The number of pyridine rings is 1. The number of nitrogens with zero attached hydrogens (tertiary/aromatic N) is 1. The van der Waals surface area contributed by atoms with Crippen LogP contribution >= 0.6 is 11.6 Å². The van der Waals surface area contributed by atoms with Crippen molar-refractivity contribution in [2.45, 2.75) is 24.6 Å². The molecule has 1 N–H and O–H groups in total. The first-order chi connectivity index (χ1) is 9.74. The summed E-state index contributed by atoms with van der Waals surface area (Å²) in [5.74, 6) is 0.271. The van der Waals surface area contributed by atoms with Crippen molar-refractivity contribution in [2.75, 3.05) is 6.54 Å². The normalized spacial score (nSPS) is 22.1. The first-order valence-corrected chi connectivity index (χ1v) is 7.46. The van der Waals surface area contributed by atoms with Crippen molar-refractivity contribution in [1.82, 2.24) is 10.3 Å². The second-order valence-corrected chi connectivity index (χ2v) is 5.87. The molecule has 1 saturated carbocycles. The van der Waals surface area contributed by atoms with Crippen LogP contribution in [-0.4, -0.2) is 22.8 Å². The molecule has 1 aromatic carbocycles. The zero-order chi connectivity index (χ0) is 13.9. The van der Waals surface area contributed by atoms with Gasteiger partial charge in [0.1, 0.15) is 5.69 Å². The second-order valence-electron chi connectivity index (χ2n) is 5.31. The largest absolute Gasteiger partial charge is 0.350 e. The predicted molar refractivity (Wildman–Crippen MR) is 81.1 cm³/mol. The zero-order valence-corrected chi connectivity index (χ0v) is 11.9. The van der Waals surface area contributed by atoms with Gasteiger partial charge in [-0.05, 0) is 30.9 Å². The Kier molecular flexibility index (Phi) is 3.88. The van der Waals surface area contributed by atoms with E-state index in [2.05, 4.69) is 10.3 Å². The molecule has 0 aliphatic heterocycles. The fourth-order valence-electron chi connectivity index (χ4n) is 2.73. The van der Waals surface area contributed by atoms with Gasteiger partial charge in [-0.15, -0.1) is 11.6 Å². The summed E-state index contributed by atoms with van der Waals surface area (Å²) in [6.45, 7) is 0.640. The highest BCUT2D eigenvalue weighted by atomic mass is 35.5. The molecule has 3 rings (SSSR count). The molecule has 2 atom stereocenters. The smallest absolute Gasteiger partial charge is 0.269 e. The highest BCUT2D eigenvalue weighted by Gasteiger charge is 2.25. The highest BCUT2D eigenvalue weighted by Crippen LogP contribution is 2.29. The Balaban J connectivity index is 1.69. The Labute approximate surface area is 123 Å². The molecular weight excluding hydrogens is 272 g/mol. The number of amides is 1. The highest BCUT2D eigenvalue weighted by molar-refractivity contribution is 6.21. The summed E-state index contributed by atoms with van der Waals surface area (Å²) in [5.41, 5.74) is 1.31. The summed E-state index contributed by atoms with van der Waals surface area (Å²) in [4.78, 5) is 16.5. The van der Waals surface area contributed by atoms with E-state index >= 15 is 0 Å². The van der Waals surface area contributed by atoms with Gasteiger partial charge in [-0.25, -0.2) is 4.98 Å². The lowest BCUT2D eigenvalue weighted by Gasteiger charge is -2.14. The third-order valence-corrected chi connectivity index (χ3v) is 4.50. The van der Waals surface area contributed by atoms with Gasteiger partial charge in [0.05, 0.1) is 5.52 Å². The molecule has 1 aliphatic rings. The quantitative estimate of drug-likeness (QED) is 0.880. The van der Waals surface area contributed by atoms with Crippen molar-refractivity contribution in [3.63, 3.8) is 0 Å². The van der Waals surface area contributed by atoms with E-state index in [0.29, 0.717) is 18.2 Å². The fraction of sp³-hybridized carbons (Fsp3) is 0.375. The molecule has 1 aliphatic carbocycles. The van der Waals surface area contributed by atoms with E-state index in [1.165, 1.54) is 0 Å². The van der Waals surface area contributed by atoms with Crippen molar-refractivity contribution in [3.05, 3.63) is 42.1 Å². The van der Waals surface area contributed by atoms with Gasteiger partial charge in [0.15, 0.2) is 0 Å². The van der Waals surface area contributed by atoms with E-state index in [4.69, 9.17) is 11.6 Å². The summed E-state index contributed by atoms with van der Waals surface area (Å²) >= 11 is 6.22. The molecule has 2 aromatic rings. The topological polar surface area (TPSA) is 42.0 Å². The third kappa shape index (κ3) is 2.78. The summed E-state index contributed by atoms with van der Waals surface area (Å²) < 4.78 is 0. The number of rotatable bonds is 3. The minimum Gasteiger partial charge on any atom is -0.350 e. The average molecular weight is 289 g/mol. The molecule has 4 heteroatoms. The molecule has 0 bridgehead atoms. The van der Waals surface area contributed by atoms with Crippen LogP contribution in [-0.2, 0) is 0 Å². The van der Waals surface area contributed by atoms with Crippen LogP contribution in [0, 0.1) is 5.92 Å². The first-order valence-electron chi connectivity index (χ1n) is 7.02. The number of nitrogens with one attached hydrogen (secondary N) is 1. The van der Waals surface area contributed by atoms with E-state index in [9.17, 15) is 4.79 Å². The van der Waals surface area contributed by atoms with E-state index in [0.717, 1.165) is 30.2 Å². The Morgan fingerprint density at radius 3 is 2.90 bits per heavy atom. The number of aromatic nitrogens is 1. The maximum Gasteiger partial charge on any atom is 0.269 e. The molecule has 1 amide bonds. The fourth-order valence-corrected chi connectivity index (χ4v) is 3.10. The Hall–Kier alpha value is -1.61. The van der Waals surface area contributed by atoms with E-state index in [1.54, 1.807) is 6.07 Å². The van der Waals surface area contributed by atoms with Crippen LogP contribution < -0.4 is 5.32 Å². The average Bonchev–Trinajstić information content (AvgIpc) is 2.89. The van der Waals surface area contributed by atoms with Crippen LogP contribution in [0.1, 0.15) is 29.8 Å². The zero-order valence-electron chi connectivity index (χ0n) is 11.2. The molecule has 2 unspecified atom stereocenters. The summed E-state index contributed by atoms with van der Waals surface area (Å²) in [6, 6.07) is 11.5. The maximum atomic E-state index is 12.1. The van der Waals surface area contributed by atoms with Crippen molar-refractivity contribution in [3.8, 4) is 0 Å². The van der Waals surface area contributed by atoms with Gasteiger partial charge in [0.2, 0.25) is 0 Å². The number of halogens is 1. The Morgan fingerprint density at radius 2 is 2.10 bits per heavy atom. The first kappa shape index (κ1) is 13.4. The van der Waals surface area contributed by atoms with Gasteiger partial charge >= 0.3 is 0 Å². The second kappa shape index (κ2) is 5.80. The molecule has 20 heavy (non-hydrogen) atoms. The van der Waals surface area contributed by atoms with Crippen LogP contribution in [0.4, 0.5) is 0 Å². The lowest BCUT2D eigenvalue weighted by molar-refractivity contribution is 0.0943. The summed E-state index contributed by atoms with van der Waals surface area (Å²) in [5, 5.41) is 4.19. The minimum absolute atomic E-state index is 0.119. The van der Waals surface area contributed by atoms with Gasteiger partial charge in [0.25, 0.3) is 5.91 Å². The molecule has 0 radical (unpaired) electrons. The Morgan fingerprint density at radius 1 is 1.25 bits per heavy atom. The SMILES string of the molecule is O=C(NCC1CCCC1Cl)c1ccc2ccccc2n1. The van der Waals surface area contributed by atoms with Crippen molar-refractivity contribution >= 4 is 28.4 Å². The van der Waals surface area contributed by atoms with Crippen molar-refractivity contribution in [1.29, 1.82) is 0 Å². The molecular formula is C16H17ClN2O. The molecule has 1 heterocycles. The number of alkyl halides is 1. The number of para-hydroxylation sites is 1. The molecule has 0 spiro atoms. The van der Waals surface area contributed by atoms with E-state index in [-0.39, 0.29) is 11.3 Å². The van der Waals surface area contributed by atoms with Gasteiger partial charge in [0, 0.05) is 17.3 Å². The predicted octanol–water partition coefficient (Wildman–Crippen LogP) is 3.37. The molecule has 104 valence electrons. The van der Waals surface area contributed by atoms with Crippen molar-refractivity contribution in [2.24, 2.45) is 5.92 Å². The van der Waals surface area contributed by atoms with Crippen molar-refractivity contribution < 1.29 is 4.79 Å². The minimum atomic E-state index is -0.119. The molecule has 1 fully saturated rings. The van der Waals surface area contributed by atoms with Gasteiger partial charge in [-0.3, -0.25) is 4.79 Å². The molecule has 1 aromatic heterocycles. The lowest BCUT2D eigenvalue weighted by atomic mass is 10.1. The summed E-state index contributed by atoms with van der Waals surface area (Å²) in [7, 11) is 0. The lowest BCUT2D eigenvalue weighted by Crippen LogP contribution is -2.31. The number of carbonyl (C=O) groups excluding carboxylic acids is 1. The molecule has 0 saturated heterocycles. The van der Waals surface area contributed by atoms with E-state index in [1.807, 2.05) is 30.3 Å². The van der Waals surface area contributed by atoms with Crippen LogP contribution in [0.5, 0.6) is 0 Å². The van der Waals surface area contributed by atoms with Crippen LogP contribution in [0.15, 0.2) is 36.4 Å². The maximum absolute atomic E-state index is 12.1. The van der Waals surface area contributed by atoms with Crippen LogP contribution in [0.2, 0.25) is 0 Å². The van der Waals surface area contributed by atoms with Crippen LogP contribution in [0.25, 0.3) is 10.9 Å². The number of carbonyl (C=O) groups is 1. The monoisotopic (exact) mass is 288 g/mol. The number of benzene rings is 1. The number of fused-ring (bicyclic) bond motifs is 1. The number of hydrogen-bond acceptors (Lipinski definition) is 2. The summed E-state index contributed by atoms with van der Waals surface area (Å²) in [6.07, 6.45) is 3.30. The Bertz CT molecular complexity index is 629. The van der Waals surface area contributed by atoms with Gasteiger partial charge in [-0.2, -0.15) is 0 Å². The van der Waals surface area contributed by atoms with Gasteiger partial charge in [-0.1, -0.05) is 30.7 Å². The van der Waals surface area contributed by atoms with Gasteiger partial charge < -0.3 is 5.32 Å². The standard InChI is InChI=1S/C16H17ClN2O/c17-13-6-3-5-12(13)10-18-16(20)15-9-8-11-4-1-2-7-14(11)19-15/h1-2,4,7-9,12-13H,3,5-6,10H2,(H,18,20). The van der Waals surface area contributed by atoms with Crippen LogP contribution in [0.3, 0.4) is 0 Å². The number of hydrogen-bond donors (Lipinski definition) is 1. The third-order valence-electron chi connectivity index (χ3n) is 3.92. The van der Waals surface area contributed by atoms with E-state index < -0.39 is 0 Å².